The molecule has 0 saturated carbocycles. The lowest BCUT2D eigenvalue weighted by Gasteiger charge is -2.30. The molecule has 3 aromatic rings. The number of piperidine rings is 1. The summed E-state index contributed by atoms with van der Waals surface area (Å²) in [5.74, 6) is 0.408. The molecule has 4 rings (SSSR count). The lowest BCUT2D eigenvalue weighted by Crippen LogP contribution is -2.48. The molecular formula is C22H25ClN4O. The number of nitrogens with zero attached hydrogens (tertiary/aromatic N) is 2. The van der Waals surface area contributed by atoms with E-state index in [2.05, 4.69) is 34.8 Å². The number of carbonyl (C=O) groups excluding carboxylic acids is 1. The highest BCUT2D eigenvalue weighted by molar-refractivity contribution is 5.95. The summed E-state index contributed by atoms with van der Waals surface area (Å²) in [5.41, 5.74) is 3.63. The van der Waals surface area contributed by atoms with Gasteiger partial charge in [0.2, 0.25) is 0 Å². The number of hydrogen-bond donors (Lipinski definition) is 2. The number of aromatic nitrogens is 2. The number of hydrogen-bond acceptors (Lipinski definition) is 3. The molecule has 1 fully saturated rings. The van der Waals surface area contributed by atoms with E-state index in [1.807, 2.05) is 53.2 Å². The molecule has 2 N–H and O–H groups in total. The van der Waals surface area contributed by atoms with Gasteiger partial charge in [-0.3, -0.25) is 4.79 Å². The standard InChI is InChI=1S/C22H24N4O.ClH/c1-16-15-23-12-10-20(16)25-22(27)18-8-5-9-19(14-18)26-21(11-13-24-26)17-6-3-2-4-7-17;/h2-9,11,13-14,16,20,23H,10,12,15H2,1H3,(H,25,27);1H. The maximum Gasteiger partial charge on any atom is 0.251 e. The van der Waals surface area contributed by atoms with Crippen molar-refractivity contribution >= 4 is 18.3 Å². The molecule has 1 aromatic heterocycles. The van der Waals surface area contributed by atoms with Crippen LogP contribution < -0.4 is 10.6 Å². The third-order valence-electron chi connectivity index (χ3n) is 5.17. The van der Waals surface area contributed by atoms with Crippen molar-refractivity contribution in [3.8, 4) is 16.9 Å². The van der Waals surface area contributed by atoms with Crippen molar-refractivity contribution in [1.82, 2.24) is 20.4 Å². The van der Waals surface area contributed by atoms with Gasteiger partial charge in [0, 0.05) is 17.2 Å². The molecule has 1 amide bonds. The van der Waals surface area contributed by atoms with Gasteiger partial charge >= 0.3 is 0 Å². The summed E-state index contributed by atoms with van der Waals surface area (Å²) in [6, 6.07) is 20.0. The zero-order chi connectivity index (χ0) is 18.6. The quantitative estimate of drug-likeness (QED) is 0.707. The smallest absolute Gasteiger partial charge is 0.251 e. The Morgan fingerprint density at radius 3 is 2.75 bits per heavy atom. The van der Waals surface area contributed by atoms with Crippen LogP contribution in [0.2, 0.25) is 0 Å². The first kappa shape index (κ1) is 20.1. The molecule has 2 aromatic carbocycles. The summed E-state index contributed by atoms with van der Waals surface area (Å²) < 4.78 is 1.87. The summed E-state index contributed by atoms with van der Waals surface area (Å²) in [7, 11) is 0. The van der Waals surface area contributed by atoms with Gasteiger partial charge in [-0.05, 0) is 49.7 Å². The molecule has 5 nitrogen and oxygen atoms in total. The molecule has 2 unspecified atom stereocenters. The van der Waals surface area contributed by atoms with Gasteiger partial charge < -0.3 is 10.6 Å². The topological polar surface area (TPSA) is 58.9 Å². The summed E-state index contributed by atoms with van der Waals surface area (Å²) in [6.07, 6.45) is 2.75. The Bertz CT molecular complexity index is 925. The van der Waals surface area contributed by atoms with Crippen molar-refractivity contribution in [2.75, 3.05) is 13.1 Å². The maximum atomic E-state index is 12.8. The van der Waals surface area contributed by atoms with Crippen LogP contribution in [0.4, 0.5) is 0 Å². The Morgan fingerprint density at radius 2 is 1.96 bits per heavy atom. The number of carbonyl (C=O) groups is 1. The van der Waals surface area contributed by atoms with Crippen LogP contribution in [0.5, 0.6) is 0 Å². The van der Waals surface area contributed by atoms with E-state index >= 15 is 0 Å². The van der Waals surface area contributed by atoms with Crippen LogP contribution in [0.25, 0.3) is 16.9 Å². The Balaban J connectivity index is 0.00000225. The Hall–Kier alpha value is -2.63. The second-order valence-corrected chi connectivity index (χ2v) is 7.09. The molecule has 1 aliphatic rings. The molecule has 28 heavy (non-hydrogen) atoms. The number of amides is 1. The van der Waals surface area contributed by atoms with Crippen LogP contribution in [-0.4, -0.2) is 34.8 Å². The lowest BCUT2D eigenvalue weighted by molar-refractivity contribution is 0.0914. The zero-order valence-electron chi connectivity index (χ0n) is 15.8. The van der Waals surface area contributed by atoms with Gasteiger partial charge in [-0.1, -0.05) is 43.3 Å². The van der Waals surface area contributed by atoms with Crippen molar-refractivity contribution in [2.24, 2.45) is 5.92 Å². The van der Waals surface area contributed by atoms with E-state index in [9.17, 15) is 4.79 Å². The highest BCUT2D eigenvalue weighted by Crippen LogP contribution is 2.22. The molecule has 1 aliphatic heterocycles. The van der Waals surface area contributed by atoms with Crippen molar-refractivity contribution in [3.05, 3.63) is 72.4 Å². The number of rotatable bonds is 4. The van der Waals surface area contributed by atoms with E-state index in [0.29, 0.717) is 11.5 Å². The second kappa shape index (κ2) is 9.04. The van der Waals surface area contributed by atoms with Gasteiger partial charge in [0.05, 0.1) is 17.6 Å². The minimum Gasteiger partial charge on any atom is -0.349 e. The second-order valence-electron chi connectivity index (χ2n) is 7.09. The minimum atomic E-state index is -0.0241. The minimum absolute atomic E-state index is 0. The van der Waals surface area contributed by atoms with Crippen LogP contribution in [0, 0.1) is 5.92 Å². The van der Waals surface area contributed by atoms with E-state index in [-0.39, 0.29) is 24.4 Å². The van der Waals surface area contributed by atoms with E-state index in [1.54, 1.807) is 6.20 Å². The van der Waals surface area contributed by atoms with Crippen LogP contribution in [0.3, 0.4) is 0 Å². The summed E-state index contributed by atoms with van der Waals surface area (Å²) in [6.45, 7) is 4.06. The molecule has 2 heterocycles. The Kier molecular flexibility index (Phi) is 6.49. The Morgan fingerprint density at radius 1 is 1.14 bits per heavy atom. The fraction of sp³-hybridized carbons (Fsp3) is 0.273. The van der Waals surface area contributed by atoms with E-state index < -0.39 is 0 Å². The lowest BCUT2D eigenvalue weighted by atomic mass is 9.95. The fourth-order valence-electron chi connectivity index (χ4n) is 3.60. The van der Waals surface area contributed by atoms with Gasteiger partial charge in [0.25, 0.3) is 5.91 Å². The summed E-state index contributed by atoms with van der Waals surface area (Å²) in [5, 5.41) is 11.0. The first-order valence-corrected chi connectivity index (χ1v) is 9.44. The largest absolute Gasteiger partial charge is 0.349 e. The van der Waals surface area contributed by atoms with Crippen molar-refractivity contribution in [1.29, 1.82) is 0 Å². The maximum absolute atomic E-state index is 12.8. The Labute approximate surface area is 171 Å². The van der Waals surface area contributed by atoms with E-state index in [1.165, 1.54) is 0 Å². The first-order chi connectivity index (χ1) is 13.2. The first-order valence-electron chi connectivity index (χ1n) is 9.44. The monoisotopic (exact) mass is 396 g/mol. The third kappa shape index (κ3) is 4.26. The molecule has 0 aliphatic carbocycles. The third-order valence-corrected chi connectivity index (χ3v) is 5.17. The molecule has 0 spiro atoms. The van der Waals surface area contributed by atoms with Crippen molar-refractivity contribution in [3.63, 3.8) is 0 Å². The SMILES string of the molecule is CC1CNCCC1NC(=O)c1cccc(-n2nccc2-c2ccccc2)c1.Cl. The highest BCUT2D eigenvalue weighted by Gasteiger charge is 2.23. The number of nitrogens with one attached hydrogen (secondary N) is 2. The zero-order valence-corrected chi connectivity index (χ0v) is 16.7. The normalized spacial score (nSPS) is 18.9. The number of benzene rings is 2. The predicted octanol–water partition coefficient (Wildman–Crippen LogP) is 3.69. The summed E-state index contributed by atoms with van der Waals surface area (Å²) in [4.78, 5) is 12.8. The van der Waals surface area contributed by atoms with E-state index in [4.69, 9.17) is 0 Å². The van der Waals surface area contributed by atoms with Gasteiger partial charge in [-0.2, -0.15) is 5.10 Å². The molecule has 0 bridgehead atoms. The van der Waals surface area contributed by atoms with Crippen LogP contribution in [-0.2, 0) is 0 Å². The van der Waals surface area contributed by atoms with Crippen LogP contribution in [0.1, 0.15) is 23.7 Å². The fourth-order valence-corrected chi connectivity index (χ4v) is 3.60. The molecule has 1 saturated heterocycles. The van der Waals surface area contributed by atoms with E-state index in [0.717, 1.165) is 36.5 Å². The molecule has 6 heteroatoms. The molecule has 0 radical (unpaired) electrons. The average Bonchev–Trinajstić information content (AvgIpc) is 3.20. The average molecular weight is 397 g/mol. The van der Waals surface area contributed by atoms with Crippen LogP contribution >= 0.6 is 12.4 Å². The van der Waals surface area contributed by atoms with Gasteiger partial charge in [-0.25, -0.2) is 4.68 Å². The molecular weight excluding hydrogens is 372 g/mol. The highest BCUT2D eigenvalue weighted by atomic mass is 35.5. The number of halogens is 1. The van der Waals surface area contributed by atoms with Crippen LogP contribution in [0.15, 0.2) is 66.9 Å². The van der Waals surface area contributed by atoms with Gasteiger partial charge in [-0.15, -0.1) is 12.4 Å². The van der Waals surface area contributed by atoms with Gasteiger partial charge in [0.1, 0.15) is 0 Å². The van der Waals surface area contributed by atoms with Crippen molar-refractivity contribution < 1.29 is 4.79 Å². The predicted molar refractivity (Wildman–Crippen MR) is 114 cm³/mol. The molecule has 146 valence electrons. The van der Waals surface area contributed by atoms with Gasteiger partial charge in [0.15, 0.2) is 0 Å². The van der Waals surface area contributed by atoms with Crippen molar-refractivity contribution in [2.45, 2.75) is 19.4 Å². The summed E-state index contributed by atoms with van der Waals surface area (Å²) >= 11 is 0. The molecule has 2 atom stereocenters.